The average Bonchev–Trinajstić information content (AvgIpc) is 2.05. The van der Waals surface area contributed by atoms with E-state index < -0.39 is 0 Å². The molecule has 2 heteroatoms. The summed E-state index contributed by atoms with van der Waals surface area (Å²) in [6.07, 6.45) is 6.70. The lowest BCUT2D eigenvalue weighted by Crippen LogP contribution is -2.49. The normalized spacial score (nSPS) is 44.8. The van der Waals surface area contributed by atoms with E-state index in [2.05, 4.69) is 12.2 Å². The Labute approximate surface area is 72.8 Å². The fourth-order valence-electron chi connectivity index (χ4n) is 2.61. The van der Waals surface area contributed by atoms with E-state index >= 15 is 0 Å². The molecule has 1 unspecified atom stereocenters. The number of Topliss-reactive ketones (excluding diaryl/α,β-unsaturated/α-hetero) is 1. The molecule has 3 aliphatic rings. The van der Waals surface area contributed by atoms with Crippen LogP contribution in [-0.4, -0.2) is 11.8 Å². The van der Waals surface area contributed by atoms with Gasteiger partial charge < -0.3 is 5.73 Å². The molecule has 2 bridgehead atoms. The highest BCUT2D eigenvalue weighted by atomic mass is 16.1. The highest BCUT2D eigenvalue weighted by Gasteiger charge is 2.40. The van der Waals surface area contributed by atoms with Crippen LogP contribution in [0.2, 0.25) is 0 Å². The van der Waals surface area contributed by atoms with Crippen LogP contribution in [0.25, 0.3) is 0 Å². The second-order valence-corrected chi connectivity index (χ2v) is 4.00. The summed E-state index contributed by atoms with van der Waals surface area (Å²) in [5, 5.41) is 0. The minimum Gasteiger partial charge on any atom is -0.326 e. The Morgan fingerprint density at radius 2 is 1.92 bits per heavy atom. The average molecular weight is 165 g/mol. The first-order chi connectivity index (χ1) is 5.70. The number of rotatable bonds is 1. The van der Waals surface area contributed by atoms with Crippen LogP contribution in [0.3, 0.4) is 0 Å². The predicted molar refractivity (Wildman–Crippen MR) is 47.5 cm³/mol. The summed E-state index contributed by atoms with van der Waals surface area (Å²) in [5.74, 6) is 1.27. The van der Waals surface area contributed by atoms with E-state index in [1.54, 1.807) is 6.92 Å². The van der Waals surface area contributed by atoms with Crippen LogP contribution >= 0.6 is 0 Å². The van der Waals surface area contributed by atoms with Gasteiger partial charge in [0.25, 0.3) is 0 Å². The zero-order valence-corrected chi connectivity index (χ0v) is 7.36. The maximum Gasteiger partial charge on any atom is 0.135 e. The Kier molecular flexibility index (Phi) is 1.80. The van der Waals surface area contributed by atoms with Crippen LogP contribution < -0.4 is 5.73 Å². The van der Waals surface area contributed by atoms with Crippen molar-refractivity contribution in [3.8, 4) is 0 Å². The molecule has 3 rings (SSSR count). The zero-order chi connectivity index (χ0) is 8.72. The molecule has 3 aliphatic carbocycles. The Balaban J connectivity index is 2.26. The molecule has 0 heterocycles. The molecule has 0 saturated heterocycles. The fourth-order valence-corrected chi connectivity index (χ4v) is 2.61. The Morgan fingerprint density at radius 3 is 2.25 bits per heavy atom. The van der Waals surface area contributed by atoms with E-state index in [9.17, 15) is 4.79 Å². The fraction of sp³-hybridized carbons (Fsp3) is 0.700. The van der Waals surface area contributed by atoms with E-state index in [0.29, 0.717) is 11.8 Å². The van der Waals surface area contributed by atoms with Crippen LogP contribution in [-0.2, 0) is 4.79 Å². The Hall–Kier alpha value is -0.630. The molecule has 4 atom stereocenters. The van der Waals surface area contributed by atoms with Crippen molar-refractivity contribution in [2.45, 2.75) is 25.8 Å². The van der Waals surface area contributed by atoms with Gasteiger partial charge in [0, 0.05) is 12.0 Å². The summed E-state index contributed by atoms with van der Waals surface area (Å²) >= 11 is 0. The molecule has 2 N–H and O–H groups in total. The molecule has 0 aromatic carbocycles. The summed E-state index contributed by atoms with van der Waals surface area (Å²) in [6, 6.07) is 0.0891. The molecule has 0 radical (unpaired) electrons. The SMILES string of the molecule is CC(=O)[C@@H]1C(N)[C@H]2C=C[C@@H]1CC2. The van der Waals surface area contributed by atoms with Crippen molar-refractivity contribution < 1.29 is 4.79 Å². The Bertz CT molecular complexity index is 234. The van der Waals surface area contributed by atoms with Crippen LogP contribution in [0, 0.1) is 17.8 Å². The van der Waals surface area contributed by atoms with Gasteiger partial charge in [-0.15, -0.1) is 0 Å². The number of hydrogen-bond acceptors (Lipinski definition) is 2. The van der Waals surface area contributed by atoms with Crippen molar-refractivity contribution in [1.82, 2.24) is 0 Å². The molecule has 0 aromatic heterocycles. The molecule has 12 heavy (non-hydrogen) atoms. The number of carbonyl (C=O) groups excluding carboxylic acids is 1. The highest BCUT2D eigenvalue weighted by Crippen LogP contribution is 2.39. The number of nitrogens with two attached hydrogens (primary N) is 1. The summed E-state index contributed by atoms with van der Waals surface area (Å²) in [5.41, 5.74) is 5.99. The summed E-state index contributed by atoms with van der Waals surface area (Å²) in [6.45, 7) is 1.67. The molecular formula is C10H15NO. The van der Waals surface area contributed by atoms with E-state index in [1.165, 1.54) is 6.42 Å². The highest BCUT2D eigenvalue weighted by molar-refractivity contribution is 5.80. The van der Waals surface area contributed by atoms with Gasteiger partial charge in [0.15, 0.2) is 0 Å². The van der Waals surface area contributed by atoms with Gasteiger partial charge in [-0.2, -0.15) is 0 Å². The monoisotopic (exact) mass is 165 g/mol. The number of hydrogen-bond donors (Lipinski definition) is 1. The quantitative estimate of drug-likeness (QED) is 0.591. The van der Waals surface area contributed by atoms with Crippen molar-refractivity contribution in [1.29, 1.82) is 0 Å². The van der Waals surface area contributed by atoms with Crippen molar-refractivity contribution >= 4 is 5.78 Å². The molecule has 0 aliphatic heterocycles. The number of fused-ring (bicyclic) bond motifs is 2. The zero-order valence-electron chi connectivity index (χ0n) is 7.36. The molecule has 66 valence electrons. The minimum atomic E-state index is 0.0891. The topological polar surface area (TPSA) is 43.1 Å². The van der Waals surface area contributed by atoms with E-state index in [0.717, 1.165) is 6.42 Å². The molecule has 1 fully saturated rings. The summed E-state index contributed by atoms with van der Waals surface area (Å²) in [4.78, 5) is 11.3. The smallest absolute Gasteiger partial charge is 0.135 e. The van der Waals surface area contributed by atoms with Gasteiger partial charge in [-0.05, 0) is 31.6 Å². The lowest BCUT2D eigenvalue weighted by atomic mass is 9.65. The second-order valence-electron chi connectivity index (χ2n) is 4.00. The molecule has 1 saturated carbocycles. The molecule has 0 spiro atoms. The van der Waals surface area contributed by atoms with E-state index in [4.69, 9.17) is 5.73 Å². The van der Waals surface area contributed by atoms with Crippen LogP contribution in [0.15, 0.2) is 12.2 Å². The van der Waals surface area contributed by atoms with Gasteiger partial charge in [0.05, 0.1) is 0 Å². The predicted octanol–water partition coefficient (Wildman–Crippen LogP) is 1.11. The van der Waals surface area contributed by atoms with Gasteiger partial charge >= 0.3 is 0 Å². The molecule has 0 amide bonds. The molecule has 2 nitrogen and oxygen atoms in total. The standard InChI is InChI=1S/C10H15NO/c1-6(12)9-7-2-4-8(5-3-7)10(9)11/h2,4,7-10H,3,5,11H2,1H3/t7-,8+,9+,10?/m1/s1. The first-order valence-electron chi connectivity index (χ1n) is 4.64. The first-order valence-corrected chi connectivity index (χ1v) is 4.64. The van der Waals surface area contributed by atoms with Crippen molar-refractivity contribution in [3.63, 3.8) is 0 Å². The van der Waals surface area contributed by atoms with Gasteiger partial charge in [0.2, 0.25) is 0 Å². The number of allylic oxidation sites excluding steroid dienone is 1. The number of carbonyl (C=O) groups is 1. The third-order valence-corrected chi connectivity index (χ3v) is 3.28. The van der Waals surface area contributed by atoms with Crippen molar-refractivity contribution in [3.05, 3.63) is 12.2 Å². The summed E-state index contributed by atoms with van der Waals surface area (Å²) < 4.78 is 0. The lowest BCUT2D eigenvalue weighted by Gasteiger charge is -2.41. The molecule has 0 aromatic rings. The summed E-state index contributed by atoms with van der Waals surface area (Å²) in [7, 11) is 0. The van der Waals surface area contributed by atoms with E-state index in [-0.39, 0.29) is 17.7 Å². The van der Waals surface area contributed by atoms with Crippen molar-refractivity contribution in [2.75, 3.05) is 0 Å². The van der Waals surface area contributed by atoms with Gasteiger partial charge in [-0.25, -0.2) is 0 Å². The van der Waals surface area contributed by atoms with Crippen LogP contribution in [0.4, 0.5) is 0 Å². The van der Waals surface area contributed by atoms with Gasteiger partial charge in [0.1, 0.15) is 5.78 Å². The maximum atomic E-state index is 11.3. The second kappa shape index (κ2) is 2.70. The van der Waals surface area contributed by atoms with Gasteiger partial charge in [-0.3, -0.25) is 4.79 Å². The Morgan fingerprint density at radius 1 is 1.33 bits per heavy atom. The third-order valence-electron chi connectivity index (χ3n) is 3.28. The maximum absolute atomic E-state index is 11.3. The molecular weight excluding hydrogens is 150 g/mol. The van der Waals surface area contributed by atoms with Crippen molar-refractivity contribution in [2.24, 2.45) is 23.5 Å². The van der Waals surface area contributed by atoms with Crippen LogP contribution in [0.1, 0.15) is 19.8 Å². The minimum absolute atomic E-state index is 0.0891. The third kappa shape index (κ3) is 1.02. The largest absolute Gasteiger partial charge is 0.326 e. The van der Waals surface area contributed by atoms with Gasteiger partial charge in [-0.1, -0.05) is 12.2 Å². The lowest BCUT2D eigenvalue weighted by molar-refractivity contribution is -0.124. The van der Waals surface area contributed by atoms with E-state index in [1.807, 2.05) is 0 Å². The first kappa shape index (κ1) is 7.99. The number of ketones is 1. The van der Waals surface area contributed by atoms with Crippen LogP contribution in [0.5, 0.6) is 0 Å².